The summed E-state index contributed by atoms with van der Waals surface area (Å²) < 4.78 is 0. The maximum atomic E-state index is 13.1. The van der Waals surface area contributed by atoms with Gasteiger partial charge >= 0.3 is 0 Å². The number of nitrogens with zero attached hydrogens (tertiary/aromatic N) is 2. The summed E-state index contributed by atoms with van der Waals surface area (Å²) in [5.41, 5.74) is 13.7. The second-order valence-electron chi connectivity index (χ2n) is 9.23. The molecule has 1 aliphatic heterocycles. The molecule has 2 fully saturated rings. The number of aromatic nitrogens is 1. The fourth-order valence-electron chi connectivity index (χ4n) is 5.50. The van der Waals surface area contributed by atoms with Crippen molar-refractivity contribution in [2.45, 2.75) is 57.4 Å². The molecule has 162 valence electrons. The molecule has 0 bridgehead atoms. The second-order valence-corrected chi connectivity index (χ2v) is 9.66. The van der Waals surface area contributed by atoms with Gasteiger partial charge in [0.2, 0.25) is 5.91 Å². The van der Waals surface area contributed by atoms with E-state index in [0.717, 1.165) is 75.2 Å². The first-order valence-corrected chi connectivity index (χ1v) is 12.0. The number of amides is 1. The molecule has 3 aliphatic rings. The molecule has 2 aliphatic carbocycles. The number of pyridine rings is 1. The Morgan fingerprint density at radius 3 is 2.52 bits per heavy atom. The van der Waals surface area contributed by atoms with Crippen molar-refractivity contribution in [3.63, 3.8) is 0 Å². The van der Waals surface area contributed by atoms with E-state index in [4.69, 9.17) is 22.3 Å². The zero-order valence-corrected chi connectivity index (χ0v) is 18.7. The lowest BCUT2D eigenvalue weighted by Crippen LogP contribution is -2.42. The largest absolute Gasteiger partial charge is 0.342 e. The van der Waals surface area contributed by atoms with Gasteiger partial charge in [0.25, 0.3) is 0 Å². The lowest BCUT2D eigenvalue weighted by atomic mass is 9.84. The van der Waals surface area contributed by atoms with Crippen molar-refractivity contribution in [3.05, 3.63) is 69.5 Å². The summed E-state index contributed by atoms with van der Waals surface area (Å²) in [4.78, 5) is 20.0. The van der Waals surface area contributed by atoms with Crippen LogP contribution in [0.4, 0.5) is 0 Å². The molecule has 2 N–H and O–H groups in total. The standard InChI is InChI=1S/C26H30ClN3O/c27-21-7-10-23-20(16-21)4-3-18-2-1-13-29-25(18)24(23)17-11-14-30(15-12-17)26(31)19-5-8-22(28)9-6-19/h1-2,7,10,13,16,19,22H,3-6,8-9,11-12,14-15,28H2. The fourth-order valence-corrected chi connectivity index (χ4v) is 5.70. The van der Waals surface area contributed by atoms with Crippen molar-refractivity contribution in [1.82, 2.24) is 9.88 Å². The zero-order valence-electron chi connectivity index (χ0n) is 17.9. The van der Waals surface area contributed by atoms with Crippen LogP contribution in [0, 0.1) is 5.92 Å². The van der Waals surface area contributed by atoms with Crippen LogP contribution in [0.3, 0.4) is 0 Å². The fraction of sp³-hybridized carbons (Fsp3) is 0.462. The van der Waals surface area contributed by atoms with Crippen LogP contribution in [0.15, 0.2) is 42.1 Å². The molecule has 0 spiro atoms. The van der Waals surface area contributed by atoms with Crippen LogP contribution in [-0.2, 0) is 17.6 Å². The van der Waals surface area contributed by atoms with Gasteiger partial charge in [-0.05, 0) is 86.3 Å². The number of benzene rings is 1. The van der Waals surface area contributed by atoms with Gasteiger partial charge in [0.15, 0.2) is 0 Å². The van der Waals surface area contributed by atoms with Crippen LogP contribution in [0.5, 0.6) is 0 Å². The number of fused-ring (bicyclic) bond motifs is 2. The first kappa shape index (κ1) is 20.7. The molecule has 0 unspecified atom stereocenters. The highest BCUT2D eigenvalue weighted by Gasteiger charge is 2.31. The molecule has 4 nitrogen and oxygen atoms in total. The summed E-state index contributed by atoms with van der Waals surface area (Å²) >= 11 is 6.33. The summed E-state index contributed by atoms with van der Waals surface area (Å²) in [6, 6.07) is 10.8. The highest BCUT2D eigenvalue weighted by Crippen LogP contribution is 2.38. The lowest BCUT2D eigenvalue weighted by molar-refractivity contribution is -0.137. The third-order valence-electron chi connectivity index (χ3n) is 7.28. The van der Waals surface area contributed by atoms with Crippen LogP contribution in [0.25, 0.3) is 5.57 Å². The molecule has 0 radical (unpaired) electrons. The van der Waals surface area contributed by atoms with Crippen LogP contribution < -0.4 is 5.73 Å². The van der Waals surface area contributed by atoms with Crippen LogP contribution >= 0.6 is 11.6 Å². The van der Waals surface area contributed by atoms with E-state index in [-0.39, 0.29) is 12.0 Å². The first-order valence-electron chi connectivity index (χ1n) is 11.6. The number of carbonyl (C=O) groups excluding carboxylic acids is 1. The number of halogens is 1. The normalized spacial score (nSPS) is 23.7. The predicted octanol–water partition coefficient (Wildman–Crippen LogP) is 4.78. The lowest BCUT2D eigenvalue weighted by Gasteiger charge is -2.35. The molecule has 1 amide bonds. The zero-order chi connectivity index (χ0) is 21.4. The third kappa shape index (κ3) is 4.16. The van der Waals surface area contributed by atoms with Crippen molar-refractivity contribution in [3.8, 4) is 0 Å². The minimum Gasteiger partial charge on any atom is -0.342 e. The Morgan fingerprint density at radius 2 is 1.74 bits per heavy atom. The molecule has 2 aromatic rings. The average molecular weight is 436 g/mol. The number of likely N-dealkylation sites (tertiary alicyclic amines) is 1. The predicted molar refractivity (Wildman–Crippen MR) is 125 cm³/mol. The van der Waals surface area contributed by atoms with E-state index >= 15 is 0 Å². The number of piperidine rings is 1. The summed E-state index contributed by atoms with van der Waals surface area (Å²) in [5.74, 6) is 0.500. The minimum atomic E-state index is 0.164. The van der Waals surface area contributed by atoms with Gasteiger partial charge in [0, 0.05) is 41.8 Å². The maximum absolute atomic E-state index is 13.1. The van der Waals surface area contributed by atoms with Gasteiger partial charge in [-0.2, -0.15) is 0 Å². The first-order chi connectivity index (χ1) is 15.1. The Balaban J connectivity index is 1.43. The molecule has 2 heterocycles. The van der Waals surface area contributed by atoms with Crippen molar-refractivity contribution < 1.29 is 4.79 Å². The maximum Gasteiger partial charge on any atom is 0.225 e. The quantitative estimate of drug-likeness (QED) is 0.701. The molecule has 1 aromatic carbocycles. The van der Waals surface area contributed by atoms with Gasteiger partial charge in [0.05, 0.1) is 5.69 Å². The van der Waals surface area contributed by atoms with Crippen molar-refractivity contribution in [2.75, 3.05) is 13.1 Å². The summed E-state index contributed by atoms with van der Waals surface area (Å²) in [7, 11) is 0. The molecule has 1 saturated carbocycles. The Morgan fingerprint density at radius 1 is 1.00 bits per heavy atom. The van der Waals surface area contributed by atoms with Gasteiger partial charge in [0.1, 0.15) is 0 Å². The highest BCUT2D eigenvalue weighted by molar-refractivity contribution is 6.30. The number of carbonyl (C=O) groups is 1. The van der Waals surface area contributed by atoms with E-state index in [0.29, 0.717) is 5.91 Å². The smallest absolute Gasteiger partial charge is 0.225 e. The molecule has 5 heteroatoms. The van der Waals surface area contributed by atoms with E-state index < -0.39 is 0 Å². The number of aryl methyl sites for hydroxylation is 2. The van der Waals surface area contributed by atoms with E-state index in [1.54, 1.807) is 0 Å². The summed E-state index contributed by atoms with van der Waals surface area (Å²) in [6.45, 7) is 1.59. The number of hydrogen-bond acceptors (Lipinski definition) is 3. The Kier molecular flexibility index (Phi) is 5.85. The van der Waals surface area contributed by atoms with E-state index in [1.807, 2.05) is 18.3 Å². The van der Waals surface area contributed by atoms with Gasteiger partial charge in [-0.25, -0.2) is 0 Å². The molecule has 1 saturated heterocycles. The van der Waals surface area contributed by atoms with Crippen molar-refractivity contribution >= 4 is 23.1 Å². The summed E-state index contributed by atoms with van der Waals surface area (Å²) in [5, 5.41) is 0.787. The van der Waals surface area contributed by atoms with Crippen LogP contribution in [0.1, 0.15) is 60.9 Å². The Hall–Kier alpha value is -2.17. The van der Waals surface area contributed by atoms with Crippen LogP contribution in [0.2, 0.25) is 5.02 Å². The average Bonchev–Trinajstić information content (AvgIpc) is 2.96. The van der Waals surface area contributed by atoms with Crippen molar-refractivity contribution in [2.24, 2.45) is 11.7 Å². The monoisotopic (exact) mass is 435 g/mol. The van der Waals surface area contributed by atoms with Crippen LogP contribution in [-0.4, -0.2) is 34.9 Å². The van der Waals surface area contributed by atoms with Gasteiger partial charge < -0.3 is 10.6 Å². The van der Waals surface area contributed by atoms with E-state index in [2.05, 4.69) is 23.1 Å². The van der Waals surface area contributed by atoms with Crippen molar-refractivity contribution in [1.29, 1.82) is 0 Å². The van der Waals surface area contributed by atoms with Gasteiger partial charge in [-0.15, -0.1) is 0 Å². The van der Waals surface area contributed by atoms with E-state index in [1.165, 1.54) is 27.8 Å². The number of rotatable bonds is 1. The van der Waals surface area contributed by atoms with Gasteiger partial charge in [-0.1, -0.05) is 29.3 Å². The molecular formula is C26H30ClN3O. The molecule has 31 heavy (non-hydrogen) atoms. The number of nitrogens with two attached hydrogens (primary N) is 1. The molecule has 0 atom stereocenters. The topological polar surface area (TPSA) is 59.2 Å². The highest BCUT2D eigenvalue weighted by atomic mass is 35.5. The second kappa shape index (κ2) is 8.76. The number of hydrogen-bond donors (Lipinski definition) is 1. The Labute approximate surface area is 189 Å². The Bertz CT molecular complexity index is 1010. The van der Waals surface area contributed by atoms with E-state index in [9.17, 15) is 4.79 Å². The molecule has 1 aromatic heterocycles. The third-order valence-corrected chi connectivity index (χ3v) is 7.52. The summed E-state index contributed by atoms with van der Waals surface area (Å²) in [6.07, 6.45) is 9.49. The molecule has 5 rings (SSSR count). The SMILES string of the molecule is NC1CCC(C(=O)N2CCC(=C3c4ccc(Cl)cc4CCc4cccnc43)CC2)CC1. The van der Waals surface area contributed by atoms with Gasteiger partial charge in [-0.3, -0.25) is 9.78 Å². The minimum absolute atomic E-state index is 0.164. The molecular weight excluding hydrogens is 406 g/mol.